The zero-order chi connectivity index (χ0) is 6.69. The molecule has 56 valence electrons. The number of hydrogen-bond donors (Lipinski definition) is 2. The highest BCUT2D eigenvalue weighted by atomic mass is 16.4. The average Bonchev–Trinajstić information content (AvgIpc) is 1.90. The lowest BCUT2D eigenvalue weighted by Crippen LogP contribution is -2.16. The highest BCUT2D eigenvalue weighted by Gasteiger charge is 2.04. The van der Waals surface area contributed by atoms with E-state index in [-0.39, 0.29) is 11.2 Å². The number of allylic oxidation sites excluding steroid dienone is 2. The Morgan fingerprint density at radius 3 is 2.70 bits per heavy atom. The van der Waals surface area contributed by atoms with Crippen molar-refractivity contribution in [2.75, 3.05) is 0 Å². The monoisotopic (exact) mass is 143 g/mol. The second kappa shape index (κ2) is 3.68. The van der Waals surface area contributed by atoms with Crippen LogP contribution in [-0.4, -0.2) is 16.6 Å². The van der Waals surface area contributed by atoms with Crippen LogP contribution in [0.1, 0.15) is 6.42 Å². The highest BCUT2D eigenvalue weighted by Crippen LogP contribution is 1.98. The Bertz CT molecular complexity index is 183. The summed E-state index contributed by atoms with van der Waals surface area (Å²) >= 11 is 0. The van der Waals surface area contributed by atoms with Gasteiger partial charge in [0, 0.05) is 0 Å². The first-order valence-electron chi connectivity index (χ1n) is 2.65. The van der Waals surface area contributed by atoms with Crippen molar-refractivity contribution in [3.63, 3.8) is 0 Å². The van der Waals surface area contributed by atoms with Gasteiger partial charge < -0.3 is 15.9 Å². The van der Waals surface area contributed by atoms with Crippen molar-refractivity contribution >= 4 is 5.97 Å². The number of hydrogen-bond acceptors (Lipinski definition) is 2. The van der Waals surface area contributed by atoms with Crippen molar-refractivity contribution in [2.45, 2.75) is 6.42 Å². The quantitative estimate of drug-likeness (QED) is 0.525. The van der Waals surface area contributed by atoms with Crippen LogP contribution < -0.4 is 5.32 Å². The second-order valence-electron chi connectivity index (χ2n) is 1.71. The minimum Gasteiger partial charge on any atom is -0.477 e. The maximum atomic E-state index is 10.2. The SMILES string of the molecule is O.O=C(O)C1=CCC=CN1. The van der Waals surface area contributed by atoms with E-state index < -0.39 is 5.97 Å². The Morgan fingerprint density at radius 2 is 2.40 bits per heavy atom. The van der Waals surface area contributed by atoms with Crippen LogP contribution in [-0.2, 0) is 4.79 Å². The average molecular weight is 143 g/mol. The summed E-state index contributed by atoms with van der Waals surface area (Å²) in [4.78, 5) is 10.2. The lowest BCUT2D eigenvalue weighted by atomic mass is 10.3. The molecular weight excluding hydrogens is 134 g/mol. The van der Waals surface area contributed by atoms with E-state index in [1.807, 2.05) is 6.08 Å². The molecule has 1 heterocycles. The maximum absolute atomic E-state index is 10.2. The van der Waals surface area contributed by atoms with Crippen LogP contribution in [0, 0.1) is 0 Å². The van der Waals surface area contributed by atoms with Crippen LogP contribution in [0.3, 0.4) is 0 Å². The molecule has 4 nitrogen and oxygen atoms in total. The third-order valence-electron chi connectivity index (χ3n) is 1.05. The number of carbonyl (C=O) groups is 1. The standard InChI is InChI=1S/C6H7NO2.H2O/c8-6(9)5-3-1-2-4-7-5;/h2-4,7H,1H2,(H,8,9);1H2. The summed E-state index contributed by atoms with van der Waals surface area (Å²) in [7, 11) is 0. The largest absolute Gasteiger partial charge is 0.477 e. The number of dihydropyridines is 1. The molecule has 0 aliphatic carbocycles. The third-order valence-corrected chi connectivity index (χ3v) is 1.05. The number of rotatable bonds is 1. The first-order chi connectivity index (χ1) is 4.30. The number of carboxylic acid groups (broad SMARTS) is 1. The molecule has 1 rings (SSSR count). The van der Waals surface area contributed by atoms with Crippen molar-refractivity contribution in [1.29, 1.82) is 0 Å². The molecule has 1 aliphatic rings. The molecule has 4 heteroatoms. The number of carboxylic acids is 1. The predicted molar refractivity (Wildman–Crippen MR) is 36.2 cm³/mol. The molecule has 0 aromatic rings. The molecule has 0 atom stereocenters. The van der Waals surface area contributed by atoms with Gasteiger partial charge in [-0.2, -0.15) is 0 Å². The van der Waals surface area contributed by atoms with Crippen LogP contribution in [0.2, 0.25) is 0 Å². The van der Waals surface area contributed by atoms with Gasteiger partial charge >= 0.3 is 5.97 Å². The molecule has 0 saturated heterocycles. The van der Waals surface area contributed by atoms with E-state index in [1.54, 1.807) is 12.3 Å². The normalized spacial score (nSPS) is 14.6. The maximum Gasteiger partial charge on any atom is 0.351 e. The van der Waals surface area contributed by atoms with Gasteiger partial charge in [-0.15, -0.1) is 0 Å². The van der Waals surface area contributed by atoms with Crippen molar-refractivity contribution in [1.82, 2.24) is 5.32 Å². The van der Waals surface area contributed by atoms with Crippen LogP contribution >= 0.6 is 0 Å². The van der Waals surface area contributed by atoms with Gasteiger partial charge in [0.2, 0.25) is 0 Å². The van der Waals surface area contributed by atoms with Crippen molar-refractivity contribution < 1.29 is 15.4 Å². The van der Waals surface area contributed by atoms with Crippen LogP contribution in [0.15, 0.2) is 24.0 Å². The van der Waals surface area contributed by atoms with Gasteiger partial charge in [0.15, 0.2) is 0 Å². The third kappa shape index (κ3) is 1.91. The summed E-state index contributed by atoms with van der Waals surface area (Å²) < 4.78 is 0. The minimum atomic E-state index is -0.903. The Balaban J connectivity index is 0.000000810. The van der Waals surface area contributed by atoms with Crippen molar-refractivity contribution in [3.05, 3.63) is 24.0 Å². The predicted octanol–water partition coefficient (Wildman–Crippen LogP) is -0.363. The van der Waals surface area contributed by atoms with E-state index in [0.717, 1.165) is 0 Å². The Labute approximate surface area is 58.2 Å². The first-order valence-corrected chi connectivity index (χ1v) is 2.65. The van der Waals surface area contributed by atoms with Gasteiger partial charge in [-0.3, -0.25) is 0 Å². The fourth-order valence-electron chi connectivity index (χ4n) is 0.611. The van der Waals surface area contributed by atoms with E-state index in [4.69, 9.17) is 5.11 Å². The molecule has 1 aliphatic heterocycles. The molecule has 0 unspecified atom stereocenters. The number of nitrogens with one attached hydrogen (secondary N) is 1. The lowest BCUT2D eigenvalue weighted by molar-refractivity contribution is -0.133. The van der Waals surface area contributed by atoms with E-state index in [0.29, 0.717) is 6.42 Å². The molecule has 10 heavy (non-hydrogen) atoms. The molecule has 0 fully saturated rings. The molecule has 0 amide bonds. The van der Waals surface area contributed by atoms with Gasteiger partial charge in [-0.25, -0.2) is 4.79 Å². The van der Waals surface area contributed by atoms with E-state index in [2.05, 4.69) is 5.32 Å². The molecular formula is C6H9NO3. The Kier molecular flexibility index (Phi) is 3.21. The summed E-state index contributed by atoms with van der Waals surface area (Å²) in [6.07, 6.45) is 5.81. The topological polar surface area (TPSA) is 80.8 Å². The first kappa shape index (κ1) is 8.71. The molecule has 0 saturated carbocycles. The molecule has 0 aromatic heterocycles. The van der Waals surface area contributed by atoms with Gasteiger partial charge in [0.25, 0.3) is 0 Å². The second-order valence-corrected chi connectivity index (χ2v) is 1.71. The van der Waals surface area contributed by atoms with Crippen LogP contribution in [0.25, 0.3) is 0 Å². The number of aliphatic carboxylic acids is 1. The van der Waals surface area contributed by atoms with Crippen LogP contribution in [0.5, 0.6) is 0 Å². The van der Waals surface area contributed by atoms with Gasteiger partial charge in [0.05, 0.1) is 0 Å². The fraction of sp³-hybridized carbons (Fsp3) is 0.167. The smallest absolute Gasteiger partial charge is 0.351 e. The van der Waals surface area contributed by atoms with Gasteiger partial charge in [-0.05, 0) is 18.7 Å². The molecule has 0 aromatic carbocycles. The van der Waals surface area contributed by atoms with Crippen LogP contribution in [0.4, 0.5) is 0 Å². The molecule has 0 radical (unpaired) electrons. The van der Waals surface area contributed by atoms with E-state index in [1.165, 1.54) is 0 Å². The zero-order valence-corrected chi connectivity index (χ0v) is 5.29. The van der Waals surface area contributed by atoms with E-state index >= 15 is 0 Å². The Morgan fingerprint density at radius 1 is 1.70 bits per heavy atom. The molecule has 0 spiro atoms. The summed E-state index contributed by atoms with van der Waals surface area (Å²) in [6.45, 7) is 0. The minimum absolute atomic E-state index is 0. The summed E-state index contributed by atoms with van der Waals surface area (Å²) in [5, 5.41) is 11.0. The zero-order valence-electron chi connectivity index (χ0n) is 5.29. The lowest BCUT2D eigenvalue weighted by Gasteiger charge is -2.03. The molecule has 4 N–H and O–H groups in total. The van der Waals surface area contributed by atoms with Crippen molar-refractivity contribution in [3.8, 4) is 0 Å². The van der Waals surface area contributed by atoms with Crippen molar-refractivity contribution in [2.24, 2.45) is 0 Å². The Hall–Kier alpha value is -1.29. The summed E-state index contributed by atoms with van der Waals surface area (Å²) in [5.41, 5.74) is 0.262. The fourth-order valence-corrected chi connectivity index (χ4v) is 0.611. The summed E-state index contributed by atoms with van der Waals surface area (Å²) in [5.74, 6) is -0.903. The summed E-state index contributed by atoms with van der Waals surface area (Å²) in [6, 6.07) is 0. The van der Waals surface area contributed by atoms with E-state index in [9.17, 15) is 4.79 Å². The van der Waals surface area contributed by atoms with Gasteiger partial charge in [0.1, 0.15) is 5.70 Å². The van der Waals surface area contributed by atoms with Gasteiger partial charge in [-0.1, -0.05) is 6.08 Å². The highest BCUT2D eigenvalue weighted by molar-refractivity contribution is 5.86. The molecule has 0 bridgehead atoms.